The topological polar surface area (TPSA) is 55.1 Å². The third-order valence-electron chi connectivity index (χ3n) is 2.88. The van der Waals surface area contributed by atoms with E-state index >= 15 is 0 Å². The number of hydrogen-bond donors (Lipinski definition) is 2. The second kappa shape index (κ2) is 10.9. The maximum absolute atomic E-state index is 11.6. The van der Waals surface area contributed by atoms with E-state index in [1.807, 2.05) is 0 Å². The first kappa shape index (κ1) is 15.4. The van der Waals surface area contributed by atoms with Crippen molar-refractivity contribution < 1.29 is 4.79 Å². The summed E-state index contributed by atoms with van der Waals surface area (Å²) in [4.78, 5) is 11.6. The average Bonchev–Trinajstić information content (AvgIpc) is 2.28. The molecule has 1 atom stereocenters. The minimum atomic E-state index is 0.191. The van der Waals surface area contributed by atoms with E-state index in [2.05, 4.69) is 19.2 Å². The molecule has 0 aliphatic rings. The molecule has 1 amide bonds. The Morgan fingerprint density at radius 3 is 2.44 bits per heavy atom. The van der Waals surface area contributed by atoms with Crippen molar-refractivity contribution >= 4 is 5.91 Å². The third kappa shape index (κ3) is 8.72. The number of nitrogens with one attached hydrogen (secondary N) is 1. The molecule has 16 heavy (non-hydrogen) atoms. The minimum absolute atomic E-state index is 0.191. The lowest BCUT2D eigenvalue weighted by molar-refractivity contribution is -0.122. The Morgan fingerprint density at radius 2 is 1.88 bits per heavy atom. The molecule has 0 bridgehead atoms. The molecule has 96 valence electrons. The number of rotatable bonds is 10. The highest BCUT2D eigenvalue weighted by Gasteiger charge is 2.08. The van der Waals surface area contributed by atoms with Crippen molar-refractivity contribution in [1.29, 1.82) is 0 Å². The number of amides is 1. The highest BCUT2D eigenvalue weighted by atomic mass is 16.1. The Kier molecular flexibility index (Phi) is 10.5. The van der Waals surface area contributed by atoms with Crippen molar-refractivity contribution in [2.45, 2.75) is 71.3 Å². The van der Waals surface area contributed by atoms with Crippen molar-refractivity contribution in [3.63, 3.8) is 0 Å². The summed E-state index contributed by atoms with van der Waals surface area (Å²) < 4.78 is 0. The monoisotopic (exact) mass is 228 g/mol. The molecule has 0 aromatic heterocycles. The molecule has 0 aromatic carbocycles. The standard InChI is InChI=1S/C13H28N2O/c1-3-5-6-7-8-9-13(16)15-12(4-2)10-11-14/h12H,3-11,14H2,1-2H3,(H,15,16). The Morgan fingerprint density at radius 1 is 1.19 bits per heavy atom. The summed E-state index contributed by atoms with van der Waals surface area (Å²) >= 11 is 0. The summed E-state index contributed by atoms with van der Waals surface area (Å²) in [6.45, 7) is 4.93. The Balaban J connectivity index is 3.48. The average molecular weight is 228 g/mol. The van der Waals surface area contributed by atoms with Crippen LogP contribution in [0.3, 0.4) is 0 Å². The lowest BCUT2D eigenvalue weighted by Gasteiger charge is -2.15. The molecular formula is C13H28N2O. The third-order valence-corrected chi connectivity index (χ3v) is 2.88. The molecular weight excluding hydrogens is 200 g/mol. The van der Waals surface area contributed by atoms with Crippen LogP contribution in [-0.2, 0) is 4.79 Å². The second-order valence-corrected chi connectivity index (χ2v) is 4.41. The molecule has 1 unspecified atom stereocenters. The van der Waals surface area contributed by atoms with E-state index in [0.717, 1.165) is 19.3 Å². The zero-order valence-corrected chi connectivity index (χ0v) is 10.9. The fraction of sp³-hybridized carbons (Fsp3) is 0.923. The lowest BCUT2D eigenvalue weighted by atomic mass is 10.1. The summed E-state index contributed by atoms with van der Waals surface area (Å²) in [5, 5.41) is 3.04. The van der Waals surface area contributed by atoms with Gasteiger partial charge in [-0.15, -0.1) is 0 Å². The van der Waals surface area contributed by atoms with Crippen molar-refractivity contribution in [1.82, 2.24) is 5.32 Å². The minimum Gasteiger partial charge on any atom is -0.353 e. The molecule has 3 N–H and O–H groups in total. The predicted octanol–water partition coefficient (Wildman–Crippen LogP) is 2.59. The zero-order chi connectivity index (χ0) is 12.2. The van der Waals surface area contributed by atoms with Crippen LogP contribution in [0.15, 0.2) is 0 Å². The van der Waals surface area contributed by atoms with E-state index < -0.39 is 0 Å². The van der Waals surface area contributed by atoms with E-state index in [-0.39, 0.29) is 11.9 Å². The molecule has 0 aromatic rings. The van der Waals surface area contributed by atoms with Gasteiger partial charge >= 0.3 is 0 Å². The van der Waals surface area contributed by atoms with Crippen molar-refractivity contribution in [2.75, 3.05) is 6.54 Å². The van der Waals surface area contributed by atoms with Gasteiger partial charge in [0.05, 0.1) is 0 Å². The van der Waals surface area contributed by atoms with E-state index in [0.29, 0.717) is 13.0 Å². The van der Waals surface area contributed by atoms with Gasteiger partial charge < -0.3 is 11.1 Å². The molecule has 0 fully saturated rings. The van der Waals surface area contributed by atoms with Crippen LogP contribution in [0, 0.1) is 0 Å². The first-order valence-corrected chi connectivity index (χ1v) is 6.74. The van der Waals surface area contributed by atoms with Crippen molar-refractivity contribution in [3.8, 4) is 0 Å². The molecule has 0 aliphatic heterocycles. The van der Waals surface area contributed by atoms with Gasteiger partial charge in [0.15, 0.2) is 0 Å². The number of carbonyl (C=O) groups excluding carboxylic acids is 1. The second-order valence-electron chi connectivity index (χ2n) is 4.41. The first-order chi connectivity index (χ1) is 7.74. The Bertz CT molecular complexity index is 171. The first-order valence-electron chi connectivity index (χ1n) is 6.74. The van der Waals surface area contributed by atoms with Gasteiger partial charge in [0.1, 0.15) is 0 Å². The smallest absolute Gasteiger partial charge is 0.220 e. The molecule has 0 heterocycles. The van der Waals surface area contributed by atoms with Crippen LogP contribution in [0.1, 0.15) is 65.2 Å². The maximum Gasteiger partial charge on any atom is 0.220 e. The van der Waals surface area contributed by atoms with Crippen LogP contribution in [-0.4, -0.2) is 18.5 Å². The van der Waals surface area contributed by atoms with Gasteiger partial charge in [0.2, 0.25) is 5.91 Å². The number of hydrogen-bond acceptors (Lipinski definition) is 2. The summed E-state index contributed by atoms with van der Waals surface area (Å²) in [5.74, 6) is 0.191. The van der Waals surface area contributed by atoms with Crippen LogP contribution in [0.5, 0.6) is 0 Å². The molecule has 3 nitrogen and oxygen atoms in total. The molecule has 0 rings (SSSR count). The van der Waals surface area contributed by atoms with E-state index in [9.17, 15) is 4.79 Å². The summed E-state index contributed by atoms with van der Waals surface area (Å²) in [7, 11) is 0. The van der Waals surface area contributed by atoms with Crippen LogP contribution in [0.4, 0.5) is 0 Å². The molecule has 0 aliphatic carbocycles. The van der Waals surface area contributed by atoms with Gasteiger partial charge in [-0.05, 0) is 25.8 Å². The quantitative estimate of drug-likeness (QED) is 0.565. The summed E-state index contributed by atoms with van der Waals surface area (Å²) in [5.41, 5.74) is 5.48. The number of unbranched alkanes of at least 4 members (excludes halogenated alkanes) is 4. The van der Waals surface area contributed by atoms with Crippen LogP contribution >= 0.6 is 0 Å². The summed E-state index contributed by atoms with van der Waals surface area (Å²) in [6, 6.07) is 0.271. The van der Waals surface area contributed by atoms with Crippen LogP contribution in [0.25, 0.3) is 0 Å². The van der Waals surface area contributed by atoms with Crippen molar-refractivity contribution in [2.24, 2.45) is 5.73 Å². The molecule has 0 saturated heterocycles. The molecule has 0 spiro atoms. The largest absolute Gasteiger partial charge is 0.353 e. The van der Waals surface area contributed by atoms with Crippen LogP contribution < -0.4 is 11.1 Å². The van der Waals surface area contributed by atoms with Gasteiger partial charge in [-0.1, -0.05) is 39.5 Å². The zero-order valence-electron chi connectivity index (χ0n) is 10.9. The maximum atomic E-state index is 11.6. The van der Waals surface area contributed by atoms with Crippen LogP contribution in [0.2, 0.25) is 0 Å². The van der Waals surface area contributed by atoms with Gasteiger partial charge in [-0.3, -0.25) is 4.79 Å². The summed E-state index contributed by atoms with van der Waals surface area (Å²) in [6.07, 6.45) is 8.51. The molecule has 0 saturated carbocycles. The molecule has 0 radical (unpaired) electrons. The number of nitrogens with two attached hydrogens (primary N) is 1. The fourth-order valence-electron chi connectivity index (χ4n) is 1.77. The van der Waals surface area contributed by atoms with Gasteiger partial charge in [0, 0.05) is 12.5 Å². The van der Waals surface area contributed by atoms with Gasteiger partial charge in [-0.25, -0.2) is 0 Å². The predicted molar refractivity (Wildman–Crippen MR) is 69.3 cm³/mol. The van der Waals surface area contributed by atoms with Gasteiger partial charge in [-0.2, -0.15) is 0 Å². The normalized spacial score (nSPS) is 12.4. The Hall–Kier alpha value is -0.570. The lowest BCUT2D eigenvalue weighted by Crippen LogP contribution is -2.35. The highest BCUT2D eigenvalue weighted by Crippen LogP contribution is 2.05. The molecule has 3 heteroatoms. The van der Waals surface area contributed by atoms with E-state index in [4.69, 9.17) is 5.73 Å². The SMILES string of the molecule is CCCCCCCC(=O)NC(CC)CCN. The number of carbonyl (C=O) groups is 1. The Labute approximate surface area is 100 Å². The highest BCUT2D eigenvalue weighted by molar-refractivity contribution is 5.76. The van der Waals surface area contributed by atoms with Crippen molar-refractivity contribution in [3.05, 3.63) is 0 Å². The van der Waals surface area contributed by atoms with E-state index in [1.165, 1.54) is 25.7 Å². The van der Waals surface area contributed by atoms with E-state index in [1.54, 1.807) is 0 Å². The van der Waals surface area contributed by atoms with Gasteiger partial charge in [0.25, 0.3) is 0 Å². The fourth-order valence-corrected chi connectivity index (χ4v) is 1.77.